The van der Waals surface area contributed by atoms with Crippen LogP contribution in [0.15, 0.2) is 29.2 Å². The average Bonchev–Trinajstić information content (AvgIpc) is 2.48. The molecule has 0 radical (unpaired) electrons. The number of ether oxygens (including phenoxy) is 2. The highest BCUT2D eigenvalue weighted by Gasteiger charge is 2.41. The summed E-state index contributed by atoms with van der Waals surface area (Å²) < 4.78 is 51.0. The molecule has 1 spiro atoms. The summed E-state index contributed by atoms with van der Waals surface area (Å²) in [6.45, 7) is 1.94. The van der Waals surface area contributed by atoms with Gasteiger partial charge in [-0.1, -0.05) is 6.07 Å². The summed E-state index contributed by atoms with van der Waals surface area (Å²) in [5.74, 6) is -1.19. The normalized spacial score (nSPS) is 23.3. The molecular weight excluding hydrogens is 297 g/mol. The van der Waals surface area contributed by atoms with Crippen LogP contribution < -0.4 is 0 Å². The van der Waals surface area contributed by atoms with Crippen molar-refractivity contribution in [1.82, 2.24) is 4.31 Å². The Balaban J connectivity index is 1.74. The van der Waals surface area contributed by atoms with Crippen LogP contribution in [0.5, 0.6) is 0 Å². The third-order valence-electron chi connectivity index (χ3n) is 3.94. The fourth-order valence-corrected chi connectivity index (χ4v) is 4.22. The van der Waals surface area contributed by atoms with Gasteiger partial charge in [0.15, 0.2) is 5.79 Å². The number of rotatable bonds is 2. The molecule has 2 saturated heterocycles. The van der Waals surface area contributed by atoms with Gasteiger partial charge in [0.2, 0.25) is 10.0 Å². The van der Waals surface area contributed by atoms with Crippen LogP contribution in [0.2, 0.25) is 0 Å². The number of sulfonamides is 1. The van der Waals surface area contributed by atoms with Gasteiger partial charge in [-0.2, -0.15) is 4.31 Å². The fourth-order valence-electron chi connectivity index (χ4n) is 2.75. The van der Waals surface area contributed by atoms with Crippen molar-refractivity contribution in [3.63, 3.8) is 0 Å². The highest BCUT2D eigenvalue weighted by Crippen LogP contribution is 2.32. The molecule has 2 heterocycles. The van der Waals surface area contributed by atoms with Crippen LogP contribution in [0.4, 0.5) is 4.39 Å². The van der Waals surface area contributed by atoms with E-state index in [0.29, 0.717) is 39.1 Å². The zero-order valence-corrected chi connectivity index (χ0v) is 12.4. The van der Waals surface area contributed by atoms with Crippen molar-refractivity contribution >= 4 is 10.0 Å². The molecular formula is C14H18FNO4S. The Morgan fingerprint density at radius 2 is 1.81 bits per heavy atom. The topological polar surface area (TPSA) is 55.8 Å². The van der Waals surface area contributed by atoms with E-state index in [2.05, 4.69) is 0 Å². The first-order valence-electron chi connectivity index (χ1n) is 7.06. The molecule has 1 aromatic rings. The Kier molecular flexibility index (Phi) is 4.00. The molecule has 0 bridgehead atoms. The first kappa shape index (κ1) is 14.9. The lowest BCUT2D eigenvalue weighted by Gasteiger charge is -2.42. The second kappa shape index (κ2) is 5.64. The summed E-state index contributed by atoms with van der Waals surface area (Å²) in [6.07, 6.45) is 1.87. The van der Waals surface area contributed by atoms with Gasteiger partial charge in [0.1, 0.15) is 5.82 Å². The molecule has 7 heteroatoms. The van der Waals surface area contributed by atoms with E-state index in [1.54, 1.807) is 0 Å². The van der Waals surface area contributed by atoms with Crippen molar-refractivity contribution in [2.75, 3.05) is 26.3 Å². The maximum Gasteiger partial charge on any atom is 0.243 e. The lowest BCUT2D eigenvalue weighted by molar-refractivity contribution is -0.280. The van der Waals surface area contributed by atoms with E-state index in [1.165, 1.54) is 22.5 Å². The molecule has 3 rings (SSSR count). The van der Waals surface area contributed by atoms with Crippen molar-refractivity contribution in [3.8, 4) is 0 Å². The minimum absolute atomic E-state index is 0.0102. The zero-order valence-electron chi connectivity index (χ0n) is 11.6. The van der Waals surface area contributed by atoms with Gasteiger partial charge in [-0.05, 0) is 24.6 Å². The minimum atomic E-state index is -3.66. The van der Waals surface area contributed by atoms with E-state index in [-0.39, 0.29) is 4.90 Å². The molecule has 0 N–H and O–H groups in total. The summed E-state index contributed by atoms with van der Waals surface area (Å²) in [6, 6.07) is 5.10. The number of hydrogen-bond acceptors (Lipinski definition) is 4. The standard InChI is InChI=1S/C14H18FNO4S/c15-12-3-1-4-13(11-12)21(17,18)16-7-5-14(6-8-16)19-9-2-10-20-14/h1,3-4,11H,2,5-10H2. The summed E-state index contributed by atoms with van der Waals surface area (Å²) in [5, 5.41) is 0. The molecule has 2 aliphatic heterocycles. The van der Waals surface area contributed by atoms with E-state index >= 15 is 0 Å². The Bertz CT molecular complexity index is 603. The molecule has 0 atom stereocenters. The highest BCUT2D eigenvalue weighted by molar-refractivity contribution is 7.89. The molecule has 0 saturated carbocycles. The van der Waals surface area contributed by atoms with Crippen LogP contribution in [0.25, 0.3) is 0 Å². The maximum atomic E-state index is 13.2. The minimum Gasteiger partial charge on any atom is -0.350 e. The van der Waals surface area contributed by atoms with Crippen molar-refractivity contribution in [2.24, 2.45) is 0 Å². The predicted molar refractivity (Wildman–Crippen MR) is 73.6 cm³/mol. The van der Waals surface area contributed by atoms with Crippen LogP contribution >= 0.6 is 0 Å². The number of halogens is 1. The predicted octanol–water partition coefficient (Wildman–Crippen LogP) is 1.74. The van der Waals surface area contributed by atoms with Gasteiger partial charge in [0.05, 0.1) is 18.1 Å². The Morgan fingerprint density at radius 1 is 1.14 bits per heavy atom. The molecule has 1 aromatic carbocycles. The smallest absolute Gasteiger partial charge is 0.243 e. The first-order valence-corrected chi connectivity index (χ1v) is 8.50. The second-order valence-corrected chi connectivity index (χ2v) is 7.26. The van der Waals surface area contributed by atoms with Gasteiger partial charge in [-0.3, -0.25) is 0 Å². The van der Waals surface area contributed by atoms with Crippen LogP contribution in [0, 0.1) is 5.82 Å². The molecule has 0 aromatic heterocycles. The van der Waals surface area contributed by atoms with Crippen molar-refractivity contribution in [3.05, 3.63) is 30.1 Å². The van der Waals surface area contributed by atoms with Gasteiger partial charge in [0.25, 0.3) is 0 Å². The summed E-state index contributed by atoms with van der Waals surface area (Å²) >= 11 is 0. The van der Waals surface area contributed by atoms with Crippen LogP contribution in [0.3, 0.4) is 0 Å². The Labute approximate surface area is 123 Å². The number of hydrogen-bond donors (Lipinski definition) is 0. The molecule has 0 unspecified atom stereocenters. The lowest BCUT2D eigenvalue weighted by atomic mass is 10.0. The molecule has 2 fully saturated rings. The molecule has 0 aliphatic carbocycles. The third-order valence-corrected chi connectivity index (χ3v) is 5.83. The lowest BCUT2D eigenvalue weighted by Crippen LogP contribution is -2.51. The Morgan fingerprint density at radius 3 is 2.43 bits per heavy atom. The number of benzene rings is 1. The van der Waals surface area contributed by atoms with Gasteiger partial charge >= 0.3 is 0 Å². The van der Waals surface area contributed by atoms with Crippen molar-refractivity contribution in [2.45, 2.75) is 29.9 Å². The van der Waals surface area contributed by atoms with E-state index in [9.17, 15) is 12.8 Å². The quantitative estimate of drug-likeness (QED) is 0.834. The molecule has 5 nitrogen and oxygen atoms in total. The molecule has 0 amide bonds. The van der Waals surface area contributed by atoms with E-state index in [1.807, 2.05) is 0 Å². The SMILES string of the molecule is O=S(=O)(c1cccc(F)c1)N1CCC2(CC1)OCCCO2. The van der Waals surface area contributed by atoms with E-state index < -0.39 is 21.6 Å². The van der Waals surface area contributed by atoms with Gasteiger partial charge in [-0.15, -0.1) is 0 Å². The maximum absolute atomic E-state index is 13.2. The van der Waals surface area contributed by atoms with Gasteiger partial charge < -0.3 is 9.47 Å². The largest absolute Gasteiger partial charge is 0.350 e. The average molecular weight is 315 g/mol. The van der Waals surface area contributed by atoms with Crippen molar-refractivity contribution in [1.29, 1.82) is 0 Å². The summed E-state index contributed by atoms with van der Waals surface area (Å²) in [5.41, 5.74) is 0. The first-order chi connectivity index (χ1) is 10.0. The summed E-state index contributed by atoms with van der Waals surface area (Å²) in [4.78, 5) is -0.0102. The van der Waals surface area contributed by atoms with E-state index in [0.717, 1.165) is 12.5 Å². The second-order valence-electron chi connectivity index (χ2n) is 5.32. The van der Waals surface area contributed by atoms with Crippen LogP contribution in [0.1, 0.15) is 19.3 Å². The van der Waals surface area contributed by atoms with E-state index in [4.69, 9.17) is 9.47 Å². The van der Waals surface area contributed by atoms with Gasteiger partial charge in [0, 0.05) is 25.9 Å². The summed E-state index contributed by atoms with van der Waals surface area (Å²) in [7, 11) is -3.66. The molecule has 116 valence electrons. The fraction of sp³-hybridized carbons (Fsp3) is 0.571. The van der Waals surface area contributed by atoms with Crippen molar-refractivity contribution < 1.29 is 22.3 Å². The number of nitrogens with zero attached hydrogens (tertiary/aromatic N) is 1. The number of piperidine rings is 1. The zero-order chi connectivity index (χ0) is 14.9. The third kappa shape index (κ3) is 2.96. The molecule has 2 aliphatic rings. The highest BCUT2D eigenvalue weighted by atomic mass is 32.2. The van der Waals surface area contributed by atoms with Gasteiger partial charge in [-0.25, -0.2) is 12.8 Å². The Hall–Kier alpha value is -1.02. The monoisotopic (exact) mass is 315 g/mol. The molecule has 21 heavy (non-hydrogen) atoms. The van der Waals surface area contributed by atoms with Crippen LogP contribution in [-0.4, -0.2) is 44.8 Å². The van der Waals surface area contributed by atoms with Crippen LogP contribution in [-0.2, 0) is 19.5 Å².